The van der Waals surface area contributed by atoms with E-state index in [4.69, 9.17) is 0 Å². The first-order chi connectivity index (χ1) is 10.1. The molecule has 0 aliphatic heterocycles. The van der Waals surface area contributed by atoms with Crippen LogP contribution in [0.15, 0.2) is 72.8 Å². The second kappa shape index (κ2) is 5.31. The predicted molar refractivity (Wildman–Crippen MR) is 83.8 cm³/mol. The number of benzene rings is 3. The van der Waals surface area contributed by atoms with Crippen LogP contribution in [0, 0.1) is 0 Å². The topological polar surface area (TPSA) is 54.4 Å². The molecule has 3 aromatic carbocycles. The van der Waals surface area contributed by atoms with Gasteiger partial charge < -0.3 is 0 Å². The van der Waals surface area contributed by atoms with Crippen molar-refractivity contribution in [3.05, 3.63) is 83.9 Å². The van der Waals surface area contributed by atoms with E-state index in [9.17, 15) is 13.0 Å². The van der Waals surface area contributed by atoms with Crippen LogP contribution >= 0.6 is 0 Å². The second-order valence-corrected chi connectivity index (χ2v) is 6.41. The minimum atomic E-state index is -4.24. The fraction of sp³-hybridized carbons (Fsp3) is 0.0588. The molecule has 0 fully saturated rings. The smallest absolute Gasteiger partial charge is 0.276 e. The molecule has 0 heterocycles. The Bertz CT molecular complexity index is 871. The molecule has 0 aromatic heterocycles. The summed E-state index contributed by atoms with van der Waals surface area (Å²) in [5, 5.41) is 0.909. The van der Waals surface area contributed by atoms with E-state index in [2.05, 4.69) is 0 Å². The summed E-state index contributed by atoms with van der Waals surface area (Å²) in [6.07, 6.45) is 0. The molecule has 0 spiro atoms. The molecule has 1 N–H and O–H groups in total. The summed E-state index contributed by atoms with van der Waals surface area (Å²) in [4.78, 5) is 0. The average molecular weight is 298 g/mol. The van der Waals surface area contributed by atoms with Crippen molar-refractivity contribution < 1.29 is 13.0 Å². The van der Waals surface area contributed by atoms with Crippen LogP contribution in [-0.2, 0) is 10.1 Å². The number of rotatable bonds is 3. The van der Waals surface area contributed by atoms with Crippen LogP contribution in [-0.4, -0.2) is 13.0 Å². The molecule has 0 saturated carbocycles. The van der Waals surface area contributed by atoms with Crippen LogP contribution < -0.4 is 0 Å². The number of hydrogen-bond donors (Lipinski definition) is 1. The fourth-order valence-electron chi connectivity index (χ4n) is 2.54. The number of hydrogen-bond acceptors (Lipinski definition) is 2. The summed E-state index contributed by atoms with van der Waals surface area (Å²) in [6, 6.07) is 21.9. The third kappa shape index (κ3) is 2.82. The SMILES string of the molecule is O=S(=O)(O)C(c1ccccc1)c1ccc2ccccc2c1. The maximum atomic E-state index is 11.8. The molecule has 3 aromatic rings. The highest BCUT2D eigenvalue weighted by atomic mass is 32.2. The maximum Gasteiger partial charge on any atom is 0.276 e. The molecule has 0 aliphatic rings. The largest absolute Gasteiger partial charge is 0.285 e. The van der Waals surface area contributed by atoms with Crippen molar-refractivity contribution in [2.45, 2.75) is 5.25 Å². The zero-order chi connectivity index (χ0) is 14.9. The van der Waals surface area contributed by atoms with Gasteiger partial charge in [-0.2, -0.15) is 8.42 Å². The van der Waals surface area contributed by atoms with Crippen LogP contribution in [0.1, 0.15) is 16.4 Å². The van der Waals surface area contributed by atoms with Crippen molar-refractivity contribution in [3.8, 4) is 0 Å². The van der Waals surface area contributed by atoms with Gasteiger partial charge in [0.2, 0.25) is 0 Å². The molecule has 0 amide bonds. The first-order valence-electron chi connectivity index (χ1n) is 6.56. The highest BCUT2D eigenvalue weighted by molar-refractivity contribution is 7.86. The van der Waals surface area contributed by atoms with E-state index >= 15 is 0 Å². The number of fused-ring (bicyclic) bond motifs is 1. The molecule has 0 aliphatic carbocycles. The molecule has 0 radical (unpaired) electrons. The van der Waals surface area contributed by atoms with Crippen molar-refractivity contribution in [3.63, 3.8) is 0 Å². The lowest BCUT2D eigenvalue weighted by Crippen LogP contribution is -2.13. The van der Waals surface area contributed by atoms with E-state index in [1.54, 1.807) is 36.4 Å². The third-order valence-electron chi connectivity index (χ3n) is 3.48. The Hall–Kier alpha value is -2.17. The quantitative estimate of drug-likeness (QED) is 0.748. The van der Waals surface area contributed by atoms with Gasteiger partial charge in [0.15, 0.2) is 0 Å². The van der Waals surface area contributed by atoms with E-state index in [-0.39, 0.29) is 0 Å². The summed E-state index contributed by atoms with van der Waals surface area (Å²) in [5.74, 6) is 0. The van der Waals surface area contributed by atoms with E-state index < -0.39 is 15.4 Å². The predicted octanol–water partition coefficient (Wildman–Crippen LogP) is 3.82. The lowest BCUT2D eigenvalue weighted by Gasteiger charge is -2.15. The molecule has 3 rings (SSSR count). The first kappa shape index (κ1) is 13.8. The zero-order valence-electron chi connectivity index (χ0n) is 11.2. The summed E-state index contributed by atoms with van der Waals surface area (Å²) in [6.45, 7) is 0. The molecular weight excluding hydrogens is 284 g/mol. The van der Waals surface area contributed by atoms with Gasteiger partial charge in [0.1, 0.15) is 5.25 Å². The molecule has 0 saturated heterocycles. The average Bonchev–Trinajstić information content (AvgIpc) is 2.47. The molecule has 21 heavy (non-hydrogen) atoms. The molecule has 0 bridgehead atoms. The lowest BCUT2D eigenvalue weighted by molar-refractivity contribution is 0.475. The summed E-state index contributed by atoms with van der Waals surface area (Å²) < 4.78 is 33.3. The highest BCUT2D eigenvalue weighted by Crippen LogP contribution is 2.31. The van der Waals surface area contributed by atoms with Gasteiger partial charge in [-0.05, 0) is 28.0 Å². The standard InChI is InChI=1S/C17H14O3S/c18-21(19,20)17(14-7-2-1-3-8-14)16-11-10-13-6-4-5-9-15(13)12-16/h1-12,17H,(H,18,19,20). The normalized spacial score (nSPS) is 13.2. The van der Waals surface area contributed by atoms with Gasteiger partial charge >= 0.3 is 0 Å². The Balaban J connectivity index is 2.20. The molecule has 3 nitrogen and oxygen atoms in total. The van der Waals surface area contributed by atoms with Crippen molar-refractivity contribution in [1.29, 1.82) is 0 Å². The monoisotopic (exact) mass is 298 g/mol. The van der Waals surface area contributed by atoms with Crippen LogP contribution in [0.3, 0.4) is 0 Å². The minimum Gasteiger partial charge on any atom is -0.285 e. The van der Waals surface area contributed by atoms with Crippen molar-refractivity contribution in [2.24, 2.45) is 0 Å². The zero-order valence-corrected chi connectivity index (χ0v) is 12.0. The molecule has 1 unspecified atom stereocenters. The molecule has 4 heteroatoms. The lowest BCUT2D eigenvalue weighted by atomic mass is 10.0. The Morgan fingerprint density at radius 2 is 1.33 bits per heavy atom. The van der Waals surface area contributed by atoms with Gasteiger partial charge in [-0.3, -0.25) is 4.55 Å². The van der Waals surface area contributed by atoms with E-state index in [1.165, 1.54) is 0 Å². The minimum absolute atomic E-state index is 0.551. The van der Waals surface area contributed by atoms with E-state index in [0.717, 1.165) is 10.8 Å². The highest BCUT2D eigenvalue weighted by Gasteiger charge is 2.27. The third-order valence-corrected chi connectivity index (χ3v) is 4.62. The summed E-state index contributed by atoms with van der Waals surface area (Å²) in [5.41, 5.74) is 1.11. The molecule has 106 valence electrons. The van der Waals surface area contributed by atoms with Gasteiger partial charge in [-0.25, -0.2) is 0 Å². The van der Waals surface area contributed by atoms with Gasteiger partial charge in [-0.1, -0.05) is 66.7 Å². The van der Waals surface area contributed by atoms with E-state index in [1.807, 2.05) is 36.4 Å². The van der Waals surface area contributed by atoms with Crippen LogP contribution in [0.25, 0.3) is 10.8 Å². The first-order valence-corrected chi connectivity index (χ1v) is 8.06. The second-order valence-electron chi connectivity index (χ2n) is 4.91. The summed E-state index contributed by atoms with van der Waals surface area (Å²) in [7, 11) is -4.24. The van der Waals surface area contributed by atoms with Crippen LogP contribution in [0.4, 0.5) is 0 Å². The van der Waals surface area contributed by atoms with Crippen molar-refractivity contribution in [2.75, 3.05) is 0 Å². The van der Waals surface area contributed by atoms with Crippen molar-refractivity contribution >= 4 is 20.9 Å². The van der Waals surface area contributed by atoms with Gasteiger partial charge in [0, 0.05) is 0 Å². The Kier molecular flexibility index (Phi) is 3.49. The van der Waals surface area contributed by atoms with Gasteiger partial charge in [0.25, 0.3) is 10.1 Å². The Morgan fingerprint density at radius 3 is 2.00 bits per heavy atom. The van der Waals surface area contributed by atoms with Gasteiger partial charge in [0.05, 0.1) is 0 Å². The summed E-state index contributed by atoms with van der Waals surface area (Å²) >= 11 is 0. The maximum absolute atomic E-state index is 11.8. The Labute approximate surface area is 123 Å². The van der Waals surface area contributed by atoms with Crippen molar-refractivity contribution in [1.82, 2.24) is 0 Å². The Morgan fingerprint density at radius 1 is 0.714 bits per heavy atom. The van der Waals surface area contributed by atoms with E-state index in [0.29, 0.717) is 11.1 Å². The molecular formula is C17H14O3S. The fourth-order valence-corrected chi connectivity index (χ4v) is 3.53. The van der Waals surface area contributed by atoms with Crippen LogP contribution in [0.2, 0.25) is 0 Å². The van der Waals surface area contributed by atoms with Gasteiger partial charge in [-0.15, -0.1) is 0 Å². The molecule has 1 atom stereocenters. The van der Waals surface area contributed by atoms with Crippen LogP contribution in [0.5, 0.6) is 0 Å².